The lowest BCUT2D eigenvalue weighted by Gasteiger charge is -2.30. The molecule has 3 N–H and O–H groups in total. The van der Waals surface area contributed by atoms with Crippen molar-refractivity contribution in [3.63, 3.8) is 0 Å². The monoisotopic (exact) mass is 699 g/mol. The zero-order valence-electron chi connectivity index (χ0n) is 24.0. The van der Waals surface area contributed by atoms with E-state index >= 15 is 0 Å². The van der Waals surface area contributed by atoms with Crippen LogP contribution < -0.4 is 4.90 Å². The summed E-state index contributed by atoms with van der Waals surface area (Å²) in [5.41, 5.74) is 1.14. The van der Waals surface area contributed by atoms with Gasteiger partial charge in [-0.15, -0.1) is 0 Å². The minimum Gasteiger partial charge on any atom is -0.475 e. The number of nitrogens with zero attached hydrogens (tertiary/aromatic N) is 5. The van der Waals surface area contributed by atoms with Crippen molar-refractivity contribution in [2.45, 2.75) is 31.6 Å². The second-order valence-electron chi connectivity index (χ2n) is 9.87. The van der Waals surface area contributed by atoms with Crippen LogP contribution in [0.25, 0.3) is 0 Å². The number of likely N-dealkylation sites (tertiary alicyclic amines) is 1. The molecule has 2 fully saturated rings. The van der Waals surface area contributed by atoms with Crippen molar-refractivity contribution in [1.29, 1.82) is 0 Å². The predicted molar refractivity (Wildman–Crippen MR) is 137 cm³/mol. The van der Waals surface area contributed by atoms with Gasteiger partial charge in [0, 0.05) is 43.7 Å². The molecule has 1 spiro atoms. The lowest BCUT2D eigenvalue weighted by atomic mass is 9.77. The van der Waals surface area contributed by atoms with E-state index in [9.17, 15) is 43.9 Å². The quantitative estimate of drug-likeness (QED) is 0.386. The molecule has 47 heavy (non-hydrogen) atoms. The Balaban J connectivity index is 0.000000430. The van der Waals surface area contributed by atoms with Crippen LogP contribution in [-0.4, -0.2) is 111 Å². The maximum atomic E-state index is 13.1. The van der Waals surface area contributed by atoms with Crippen molar-refractivity contribution in [2.75, 3.05) is 44.7 Å². The van der Waals surface area contributed by atoms with E-state index in [2.05, 4.69) is 31.8 Å². The van der Waals surface area contributed by atoms with E-state index in [1.165, 1.54) is 12.4 Å². The number of halogens is 10. The Bertz CT molecular complexity index is 1240. The summed E-state index contributed by atoms with van der Waals surface area (Å²) in [7, 11) is 2.16. The molecule has 0 unspecified atom stereocenters. The van der Waals surface area contributed by atoms with E-state index in [0.29, 0.717) is 18.5 Å². The lowest BCUT2D eigenvalue weighted by molar-refractivity contribution is -0.193. The predicted octanol–water partition coefficient (Wildman–Crippen LogP) is 3.89. The van der Waals surface area contributed by atoms with E-state index in [-0.39, 0.29) is 5.41 Å². The summed E-state index contributed by atoms with van der Waals surface area (Å²) in [6.07, 6.45) is -9.90. The Morgan fingerprint density at radius 1 is 0.872 bits per heavy atom. The molecule has 0 bridgehead atoms. The average molecular weight is 699 g/mol. The van der Waals surface area contributed by atoms with Crippen molar-refractivity contribution >= 4 is 23.9 Å². The van der Waals surface area contributed by atoms with E-state index in [4.69, 9.17) is 34.4 Å². The van der Waals surface area contributed by atoms with Crippen molar-refractivity contribution in [1.82, 2.24) is 19.9 Å². The molecule has 4 rings (SSSR count). The molecule has 12 nitrogen and oxygen atoms in total. The maximum Gasteiger partial charge on any atom is 0.490 e. The molecule has 2 saturated heterocycles. The zero-order chi connectivity index (χ0) is 36.2. The SMILES string of the molecule is CN1C[C@H](COCc2ccccn2)[C@]2(CCN(c3ncc(F)cn3)C2)C1.O=C(O)C(F)(F)F.O=C(O)C(F)(F)F.O=C(O)C(F)(F)F. The van der Waals surface area contributed by atoms with Gasteiger partial charge in [0.15, 0.2) is 5.82 Å². The van der Waals surface area contributed by atoms with Gasteiger partial charge in [-0.2, -0.15) is 39.5 Å². The highest BCUT2D eigenvalue weighted by Crippen LogP contribution is 2.44. The highest BCUT2D eigenvalue weighted by Gasteiger charge is 2.50. The Morgan fingerprint density at radius 2 is 1.36 bits per heavy atom. The summed E-state index contributed by atoms with van der Waals surface area (Å²) in [6, 6.07) is 5.88. The zero-order valence-corrected chi connectivity index (χ0v) is 24.0. The lowest BCUT2D eigenvalue weighted by Crippen LogP contribution is -2.36. The fourth-order valence-electron chi connectivity index (χ4n) is 4.32. The third kappa shape index (κ3) is 14.3. The molecular weight excluding hydrogens is 672 g/mol. The van der Waals surface area contributed by atoms with Gasteiger partial charge in [-0.1, -0.05) is 6.07 Å². The summed E-state index contributed by atoms with van der Waals surface area (Å²) < 4.78 is 114. The second kappa shape index (κ2) is 17.0. The largest absolute Gasteiger partial charge is 0.490 e. The molecule has 22 heteroatoms. The smallest absolute Gasteiger partial charge is 0.475 e. The van der Waals surface area contributed by atoms with Gasteiger partial charge >= 0.3 is 36.4 Å². The first-order valence-electron chi connectivity index (χ1n) is 12.8. The molecule has 2 aliphatic heterocycles. The number of carbonyl (C=O) groups is 3. The summed E-state index contributed by atoms with van der Waals surface area (Å²) in [6.45, 7) is 5.13. The molecule has 0 aromatic carbocycles. The molecule has 0 radical (unpaired) electrons. The standard InChI is InChI=1S/C19H24FN5O.3C2HF3O2/c1-24-10-15(11-26-12-17-4-2-3-6-21-17)19(13-24)5-7-25(14-19)18-22-8-16(20)9-23-18;3*3-2(4,5)1(6)7/h2-4,6,8-9,15H,5,7,10-14H2,1H3;3*(H,6,7)/t15-,19-;;;/m1.../s1. The summed E-state index contributed by atoms with van der Waals surface area (Å²) in [5, 5.41) is 21.4. The topological polar surface area (TPSA) is 166 Å². The van der Waals surface area contributed by atoms with Crippen molar-refractivity contribution in [2.24, 2.45) is 11.3 Å². The normalized spacial score (nSPS) is 19.5. The molecule has 0 saturated carbocycles. The number of carboxylic acids is 3. The van der Waals surface area contributed by atoms with Crippen molar-refractivity contribution in [3.05, 3.63) is 48.3 Å². The van der Waals surface area contributed by atoms with Gasteiger partial charge in [-0.25, -0.2) is 28.7 Å². The minimum absolute atomic E-state index is 0.177. The van der Waals surface area contributed by atoms with Gasteiger partial charge in [0.05, 0.1) is 31.3 Å². The van der Waals surface area contributed by atoms with Gasteiger partial charge in [0.2, 0.25) is 5.95 Å². The van der Waals surface area contributed by atoms with Crippen LogP contribution in [0.15, 0.2) is 36.8 Å². The van der Waals surface area contributed by atoms with Crippen LogP contribution in [0.2, 0.25) is 0 Å². The molecule has 2 aromatic heterocycles. The van der Waals surface area contributed by atoms with Gasteiger partial charge in [-0.05, 0) is 25.6 Å². The fraction of sp³-hybridized carbons (Fsp3) is 0.520. The molecule has 4 heterocycles. The number of pyridine rings is 1. The Morgan fingerprint density at radius 3 is 1.79 bits per heavy atom. The van der Waals surface area contributed by atoms with E-state index in [1.54, 1.807) is 6.20 Å². The maximum absolute atomic E-state index is 13.1. The Labute approximate surface area is 258 Å². The number of hydrogen-bond acceptors (Lipinski definition) is 9. The van der Waals surface area contributed by atoms with Crippen LogP contribution in [0, 0.1) is 17.2 Å². The third-order valence-electron chi connectivity index (χ3n) is 6.28. The van der Waals surface area contributed by atoms with Gasteiger partial charge in [-0.3, -0.25) is 4.98 Å². The summed E-state index contributed by atoms with van der Waals surface area (Å²) in [4.78, 5) is 43.8. The molecule has 0 aliphatic carbocycles. The van der Waals surface area contributed by atoms with Crippen LogP contribution in [-0.2, 0) is 25.7 Å². The molecule has 2 atom stereocenters. The summed E-state index contributed by atoms with van der Waals surface area (Å²) in [5.74, 6) is -7.59. The van der Waals surface area contributed by atoms with Crippen molar-refractivity contribution in [3.8, 4) is 0 Å². The molecular formula is C25H27F10N5O7. The van der Waals surface area contributed by atoms with E-state index in [0.717, 1.165) is 44.9 Å². The number of aliphatic carboxylic acids is 3. The van der Waals surface area contributed by atoms with Crippen LogP contribution in [0.4, 0.5) is 49.9 Å². The van der Waals surface area contributed by atoms with E-state index in [1.807, 2.05) is 18.2 Å². The first kappa shape index (κ1) is 40.7. The molecule has 2 aromatic rings. The first-order chi connectivity index (χ1) is 21.5. The highest BCUT2D eigenvalue weighted by molar-refractivity contribution is 5.73. The van der Waals surface area contributed by atoms with Crippen molar-refractivity contribution < 1.29 is 78.3 Å². The number of ether oxygens (including phenoxy) is 1. The molecule has 264 valence electrons. The number of alkyl halides is 9. The second-order valence-corrected chi connectivity index (χ2v) is 9.87. The van der Waals surface area contributed by atoms with Crippen LogP contribution in [0.5, 0.6) is 0 Å². The van der Waals surface area contributed by atoms with Crippen LogP contribution in [0.1, 0.15) is 12.1 Å². The average Bonchev–Trinajstić information content (AvgIpc) is 3.51. The minimum atomic E-state index is -5.08. The van der Waals surface area contributed by atoms with E-state index < -0.39 is 42.3 Å². The fourth-order valence-corrected chi connectivity index (χ4v) is 4.32. The van der Waals surface area contributed by atoms with Crippen LogP contribution >= 0.6 is 0 Å². The van der Waals surface area contributed by atoms with Gasteiger partial charge < -0.3 is 29.9 Å². The molecule has 2 aliphatic rings. The highest BCUT2D eigenvalue weighted by atomic mass is 19.4. The first-order valence-corrected chi connectivity index (χ1v) is 12.8. The summed E-state index contributed by atoms with van der Waals surface area (Å²) >= 11 is 0. The van der Waals surface area contributed by atoms with Gasteiger partial charge in [0.1, 0.15) is 0 Å². The number of carboxylic acid groups (broad SMARTS) is 3. The van der Waals surface area contributed by atoms with Gasteiger partial charge in [0.25, 0.3) is 0 Å². The number of anilines is 1. The molecule has 0 amide bonds. The number of rotatable bonds is 5. The number of aromatic nitrogens is 3. The number of hydrogen-bond donors (Lipinski definition) is 3. The third-order valence-corrected chi connectivity index (χ3v) is 6.28. The Hall–Kier alpha value is -4.34. The Kier molecular flexibility index (Phi) is 14.7. The van der Waals surface area contributed by atoms with Crippen LogP contribution in [0.3, 0.4) is 0 Å².